The van der Waals surface area contributed by atoms with Gasteiger partial charge in [0.25, 0.3) is 0 Å². The number of nitrogens with zero attached hydrogens (tertiary/aromatic N) is 1. The molecule has 0 radical (unpaired) electrons. The van der Waals surface area contributed by atoms with E-state index in [9.17, 15) is 10.1 Å². The van der Waals surface area contributed by atoms with Crippen LogP contribution in [0.1, 0.15) is 97.3 Å². The van der Waals surface area contributed by atoms with Crippen molar-refractivity contribution < 1.29 is 9.66 Å². The minimum atomic E-state index is -0.613. The van der Waals surface area contributed by atoms with Crippen LogP contribution in [-0.2, 0) is 0 Å². The number of ether oxygens (including phenoxy) is 1. The maximum absolute atomic E-state index is 11.5. The van der Waals surface area contributed by atoms with E-state index in [2.05, 4.69) is 13.8 Å². The molecular weight excluding hydrogens is 350 g/mol. The second-order valence-electron chi connectivity index (χ2n) is 8.06. The second kappa shape index (κ2) is 16.4. The highest BCUT2D eigenvalue weighted by Gasteiger charge is 2.23. The first-order valence-electron chi connectivity index (χ1n) is 11.5. The van der Waals surface area contributed by atoms with Crippen molar-refractivity contribution >= 4 is 0 Å². The number of hydrogen-bond donors (Lipinski definition) is 0. The largest absolute Gasteiger partial charge is 0.486 e. The first-order chi connectivity index (χ1) is 13.7. The van der Waals surface area contributed by atoms with Crippen molar-refractivity contribution in [1.29, 1.82) is 0 Å². The van der Waals surface area contributed by atoms with E-state index >= 15 is 0 Å². The molecule has 2 unspecified atom stereocenters. The van der Waals surface area contributed by atoms with Crippen molar-refractivity contribution in [2.75, 3.05) is 6.61 Å². The summed E-state index contributed by atoms with van der Waals surface area (Å²) in [6.45, 7) is 4.64. The smallest absolute Gasteiger partial charge is 0.246 e. The summed E-state index contributed by atoms with van der Waals surface area (Å²) in [7, 11) is 0. The molecule has 2 atom stereocenters. The van der Waals surface area contributed by atoms with Crippen LogP contribution in [0.2, 0.25) is 0 Å². The van der Waals surface area contributed by atoms with Crippen molar-refractivity contribution in [3.63, 3.8) is 0 Å². The summed E-state index contributed by atoms with van der Waals surface area (Å²) in [5.74, 6) is 1.33. The molecule has 28 heavy (non-hydrogen) atoms. The van der Waals surface area contributed by atoms with Crippen LogP contribution in [0.3, 0.4) is 0 Å². The topological polar surface area (TPSA) is 52.4 Å². The predicted octanol–water partition coefficient (Wildman–Crippen LogP) is 7.44. The second-order valence-corrected chi connectivity index (χ2v) is 8.06. The first-order valence-corrected chi connectivity index (χ1v) is 11.5. The molecule has 1 rings (SSSR count). The van der Waals surface area contributed by atoms with Crippen molar-refractivity contribution in [1.82, 2.24) is 0 Å². The summed E-state index contributed by atoms with van der Waals surface area (Å²) in [6.07, 6.45) is 15.6. The Hall–Kier alpha value is -1.58. The van der Waals surface area contributed by atoms with Crippen LogP contribution in [0.25, 0.3) is 0 Å². The van der Waals surface area contributed by atoms with E-state index in [-0.39, 0.29) is 11.5 Å². The number of para-hydroxylation sites is 1. The fourth-order valence-corrected chi connectivity index (χ4v) is 3.72. The van der Waals surface area contributed by atoms with Gasteiger partial charge < -0.3 is 4.74 Å². The van der Waals surface area contributed by atoms with E-state index in [4.69, 9.17) is 4.74 Å². The number of benzene rings is 1. The molecular formula is C24H41NO3. The average Bonchev–Trinajstić information content (AvgIpc) is 2.70. The number of nitro groups is 1. The predicted molar refractivity (Wildman–Crippen MR) is 118 cm³/mol. The SMILES string of the molecule is CCCCCCCCC(CCCCC)CCC(COc1ccccc1)[N+](=O)[O-]. The van der Waals surface area contributed by atoms with E-state index in [1.165, 1.54) is 70.6 Å². The summed E-state index contributed by atoms with van der Waals surface area (Å²) in [6, 6.07) is 8.79. The average molecular weight is 392 g/mol. The zero-order valence-electron chi connectivity index (χ0n) is 18.1. The van der Waals surface area contributed by atoms with Crippen molar-refractivity contribution in [3.8, 4) is 5.75 Å². The summed E-state index contributed by atoms with van der Waals surface area (Å²) in [5, 5.41) is 11.5. The highest BCUT2D eigenvalue weighted by molar-refractivity contribution is 5.20. The van der Waals surface area contributed by atoms with E-state index in [1.54, 1.807) is 0 Å². The molecule has 0 fully saturated rings. The maximum Gasteiger partial charge on any atom is 0.246 e. The van der Waals surface area contributed by atoms with Crippen LogP contribution < -0.4 is 4.74 Å². The molecule has 160 valence electrons. The van der Waals surface area contributed by atoms with Gasteiger partial charge in [-0.2, -0.15) is 0 Å². The van der Waals surface area contributed by atoms with Crippen molar-refractivity contribution in [3.05, 3.63) is 40.4 Å². The number of unbranched alkanes of at least 4 members (excludes halogenated alkanes) is 7. The van der Waals surface area contributed by atoms with Crippen LogP contribution in [0.4, 0.5) is 0 Å². The van der Waals surface area contributed by atoms with Gasteiger partial charge in [0, 0.05) is 11.3 Å². The Morgan fingerprint density at radius 2 is 1.39 bits per heavy atom. The Morgan fingerprint density at radius 3 is 2.04 bits per heavy atom. The van der Waals surface area contributed by atoms with E-state index in [0.717, 1.165) is 6.42 Å². The van der Waals surface area contributed by atoms with Gasteiger partial charge in [0.1, 0.15) is 5.75 Å². The van der Waals surface area contributed by atoms with Gasteiger partial charge in [0.05, 0.1) is 0 Å². The summed E-state index contributed by atoms with van der Waals surface area (Å²) in [4.78, 5) is 11.3. The number of rotatable bonds is 18. The molecule has 0 saturated carbocycles. The zero-order chi connectivity index (χ0) is 20.5. The molecule has 4 nitrogen and oxygen atoms in total. The molecule has 0 aliphatic heterocycles. The van der Waals surface area contributed by atoms with Gasteiger partial charge in [-0.05, 0) is 24.5 Å². The fraction of sp³-hybridized carbons (Fsp3) is 0.750. The lowest BCUT2D eigenvalue weighted by molar-refractivity contribution is -0.525. The zero-order valence-corrected chi connectivity index (χ0v) is 18.1. The molecule has 4 heteroatoms. The standard InChI is InChI=1S/C24H41NO3/c1-3-5-7-8-9-12-16-22(15-11-6-4-2)19-20-23(25(26)27)21-28-24-17-13-10-14-18-24/h10,13-14,17-18,22-23H,3-9,11-12,15-16,19-21H2,1-2H3. The highest BCUT2D eigenvalue weighted by atomic mass is 16.6. The van der Waals surface area contributed by atoms with Gasteiger partial charge in [-0.1, -0.05) is 103 Å². The van der Waals surface area contributed by atoms with Gasteiger partial charge in [-0.3, -0.25) is 10.1 Å². The Kier molecular flexibility index (Phi) is 14.3. The third-order valence-corrected chi connectivity index (χ3v) is 5.57. The molecule has 0 saturated heterocycles. The van der Waals surface area contributed by atoms with Crippen LogP contribution in [0.5, 0.6) is 5.75 Å². The monoisotopic (exact) mass is 391 g/mol. The lowest BCUT2D eigenvalue weighted by Gasteiger charge is -2.18. The Balaban J connectivity index is 2.40. The molecule has 0 aliphatic carbocycles. The van der Waals surface area contributed by atoms with Gasteiger partial charge in [0.2, 0.25) is 6.04 Å². The Labute approximate surface area is 172 Å². The molecule has 1 aromatic carbocycles. The molecule has 0 N–H and O–H groups in total. The number of hydrogen-bond acceptors (Lipinski definition) is 3. The van der Waals surface area contributed by atoms with Gasteiger partial charge >= 0.3 is 0 Å². The molecule has 0 amide bonds. The van der Waals surface area contributed by atoms with Crippen LogP contribution in [0.15, 0.2) is 30.3 Å². The Bertz CT molecular complexity index is 492. The Morgan fingerprint density at radius 1 is 0.821 bits per heavy atom. The first kappa shape index (κ1) is 24.5. The highest BCUT2D eigenvalue weighted by Crippen LogP contribution is 2.24. The molecule has 0 aliphatic rings. The maximum atomic E-state index is 11.5. The molecule has 0 bridgehead atoms. The minimum absolute atomic E-state index is 0.156. The third-order valence-electron chi connectivity index (χ3n) is 5.57. The van der Waals surface area contributed by atoms with E-state index < -0.39 is 6.04 Å². The van der Waals surface area contributed by atoms with Crippen molar-refractivity contribution in [2.24, 2.45) is 5.92 Å². The van der Waals surface area contributed by atoms with E-state index in [0.29, 0.717) is 18.1 Å². The van der Waals surface area contributed by atoms with Gasteiger partial charge in [0.15, 0.2) is 6.61 Å². The fourth-order valence-electron chi connectivity index (χ4n) is 3.72. The molecule has 1 aromatic rings. The quantitative estimate of drug-likeness (QED) is 0.148. The lowest BCUT2D eigenvalue weighted by Crippen LogP contribution is -2.27. The van der Waals surface area contributed by atoms with Crippen LogP contribution >= 0.6 is 0 Å². The van der Waals surface area contributed by atoms with E-state index in [1.807, 2.05) is 30.3 Å². The normalized spacial score (nSPS) is 13.2. The molecule has 0 heterocycles. The van der Waals surface area contributed by atoms with Crippen LogP contribution in [0, 0.1) is 16.0 Å². The summed E-state index contributed by atoms with van der Waals surface area (Å²) in [5.41, 5.74) is 0. The minimum Gasteiger partial charge on any atom is -0.486 e. The lowest BCUT2D eigenvalue weighted by atomic mass is 9.89. The molecule has 0 aromatic heterocycles. The van der Waals surface area contributed by atoms with Gasteiger partial charge in [-0.15, -0.1) is 0 Å². The summed E-state index contributed by atoms with van der Waals surface area (Å²) < 4.78 is 5.65. The summed E-state index contributed by atoms with van der Waals surface area (Å²) >= 11 is 0. The van der Waals surface area contributed by atoms with Gasteiger partial charge in [-0.25, -0.2) is 0 Å². The van der Waals surface area contributed by atoms with Crippen LogP contribution in [-0.4, -0.2) is 17.6 Å². The van der Waals surface area contributed by atoms with Crippen molar-refractivity contribution in [2.45, 2.75) is 103 Å². The molecule has 0 spiro atoms. The third kappa shape index (κ3) is 12.0.